The maximum Gasteiger partial charge on any atom is 0.261 e. The molecule has 0 aliphatic rings. The number of hydrogen-bond acceptors (Lipinski definition) is 3. The molecule has 0 aliphatic carbocycles. The van der Waals surface area contributed by atoms with Crippen molar-refractivity contribution in [1.82, 2.24) is 10.2 Å². The van der Waals surface area contributed by atoms with Crippen molar-refractivity contribution in [2.75, 3.05) is 13.7 Å². The van der Waals surface area contributed by atoms with Gasteiger partial charge in [-0.3, -0.25) is 9.59 Å². The summed E-state index contributed by atoms with van der Waals surface area (Å²) in [6, 6.07) is 13.8. The van der Waals surface area contributed by atoms with E-state index in [2.05, 4.69) is 21.2 Å². The van der Waals surface area contributed by atoms with Gasteiger partial charge in [0.2, 0.25) is 5.91 Å². The molecule has 1 atom stereocenters. The van der Waals surface area contributed by atoms with Gasteiger partial charge in [0.05, 0.1) is 0 Å². The molecule has 5 nitrogen and oxygen atoms in total. The molecule has 138 valence electrons. The summed E-state index contributed by atoms with van der Waals surface area (Å²) >= 11 is 9.34. The highest BCUT2D eigenvalue weighted by Crippen LogP contribution is 2.18. The Hall–Kier alpha value is -2.05. The van der Waals surface area contributed by atoms with E-state index in [1.54, 1.807) is 38.2 Å². The van der Waals surface area contributed by atoms with Crippen LogP contribution in [0.5, 0.6) is 5.75 Å². The molecule has 0 bridgehead atoms. The Morgan fingerprint density at radius 1 is 1.23 bits per heavy atom. The first-order valence-electron chi connectivity index (χ1n) is 8.04. The van der Waals surface area contributed by atoms with Gasteiger partial charge in [-0.15, -0.1) is 0 Å². The highest BCUT2D eigenvalue weighted by molar-refractivity contribution is 9.10. The topological polar surface area (TPSA) is 58.6 Å². The van der Waals surface area contributed by atoms with E-state index in [-0.39, 0.29) is 18.4 Å². The molecule has 0 spiro atoms. The predicted octanol–water partition coefficient (Wildman–Crippen LogP) is 3.64. The summed E-state index contributed by atoms with van der Waals surface area (Å²) < 4.78 is 6.45. The van der Waals surface area contributed by atoms with Crippen molar-refractivity contribution in [2.45, 2.75) is 19.5 Å². The van der Waals surface area contributed by atoms with Crippen LogP contribution in [0.2, 0.25) is 5.02 Å². The number of hydrogen-bond donors (Lipinski definition) is 1. The molecule has 2 amide bonds. The first kappa shape index (κ1) is 20.3. The zero-order chi connectivity index (χ0) is 19.1. The minimum atomic E-state index is -0.630. The molecule has 1 N–H and O–H groups in total. The van der Waals surface area contributed by atoms with Gasteiger partial charge in [-0.1, -0.05) is 45.7 Å². The Morgan fingerprint density at radius 3 is 2.62 bits per heavy atom. The molecule has 2 rings (SSSR count). The number of carbonyl (C=O) groups is 2. The van der Waals surface area contributed by atoms with Gasteiger partial charge in [-0.25, -0.2) is 0 Å². The normalized spacial score (nSPS) is 11.5. The highest BCUT2D eigenvalue weighted by atomic mass is 79.9. The molecule has 1 unspecified atom stereocenters. The molecule has 7 heteroatoms. The van der Waals surface area contributed by atoms with Crippen molar-refractivity contribution in [3.05, 3.63) is 63.6 Å². The summed E-state index contributed by atoms with van der Waals surface area (Å²) in [7, 11) is 1.54. The summed E-state index contributed by atoms with van der Waals surface area (Å²) in [5.41, 5.74) is 0.909. The van der Waals surface area contributed by atoms with Gasteiger partial charge in [0.15, 0.2) is 6.61 Å². The van der Waals surface area contributed by atoms with Crippen molar-refractivity contribution < 1.29 is 14.3 Å². The predicted molar refractivity (Wildman–Crippen MR) is 105 cm³/mol. The lowest BCUT2D eigenvalue weighted by Gasteiger charge is -2.28. The van der Waals surface area contributed by atoms with Crippen molar-refractivity contribution in [2.24, 2.45) is 0 Å². The lowest BCUT2D eigenvalue weighted by atomic mass is 10.1. The van der Waals surface area contributed by atoms with Crippen LogP contribution in [-0.2, 0) is 16.1 Å². The molecule has 0 heterocycles. The molecular formula is C19H20BrClN2O3. The molecule has 0 aliphatic heterocycles. The standard InChI is InChI=1S/C19H20BrClN2O3/c1-13(19(25)22-2)23(11-14-5-3-6-15(20)9-14)18(24)12-26-17-8-4-7-16(21)10-17/h3-10,13H,11-12H2,1-2H3,(H,22,25). The Kier molecular flexibility index (Phi) is 7.48. The maximum absolute atomic E-state index is 12.7. The van der Waals surface area contributed by atoms with Crippen LogP contribution < -0.4 is 10.1 Å². The zero-order valence-electron chi connectivity index (χ0n) is 14.5. The third-order valence-electron chi connectivity index (χ3n) is 3.81. The van der Waals surface area contributed by atoms with Crippen LogP contribution in [0.3, 0.4) is 0 Å². The fourth-order valence-electron chi connectivity index (χ4n) is 2.41. The summed E-state index contributed by atoms with van der Waals surface area (Å²) in [6.07, 6.45) is 0. The van der Waals surface area contributed by atoms with E-state index < -0.39 is 6.04 Å². The molecular weight excluding hydrogens is 420 g/mol. The van der Waals surface area contributed by atoms with Gasteiger partial charge in [-0.2, -0.15) is 0 Å². The van der Waals surface area contributed by atoms with E-state index in [1.807, 2.05) is 24.3 Å². The maximum atomic E-state index is 12.7. The van der Waals surface area contributed by atoms with Crippen LogP contribution >= 0.6 is 27.5 Å². The second-order valence-electron chi connectivity index (χ2n) is 5.69. The van der Waals surface area contributed by atoms with Gasteiger partial charge in [0, 0.05) is 23.1 Å². The average molecular weight is 440 g/mol. The largest absolute Gasteiger partial charge is 0.484 e. The number of nitrogens with zero attached hydrogens (tertiary/aromatic N) is 1. The molecule has 0 saturated carbocycles. The second kappa shape index (κ2) is 9.59. The summed E-state index contributed by atoms with van der Waals surface area (Å²) in [5.74, 6) is -0.0296. The highest BCUT2D eigenvalue weighted by Gasteiger charge is 2.25. The Balaban J connectivity index is 2.13. The van der Waals surface area contributed by atoms with E-state index in [0.29, 0.717) is 17.3 Å². The van der Waals surface area contributed by atoms with Crippen molar-refractivity contribution in [3.8, 4) is 5.75 Å². The second-order valence-corrected chi connectivity index (χ2v) is 7.04. The van der Waals surface area contributed by atoms with Crippen LogP contribution in [-0.4, -0.2) is 36.4 Å². The van der Waals surface area contributed by atoms with Crippen LogP contribution in [0.25, 0.3) is 0 Å². The minimum Gasteiger partial charge on any atom is -0.484 e. The average Bonchev–Trinajstić information content (AvgIpc) is 2.63. The van der Waals surface area contributed by atoms with E-state index >= 15 is 0 Å². The van der Waals surface area contributed by atoms with Crippen molar-refractivity contribution in [1.29, 1.82) is 0 Å². The molecule has 0 aromatic heterocycles. The van der Waals surface area contributed by atoms with Crippen LogP contribution in [0.1, 0.15) is 12.5 Å². The third kappa shape index (κ3) is 5.75. The van der Waals surface area contributed by atoms with Crippen LogP contribution in [0.15, 0.2) is 53.0 Å². The number of likely N-dealkylation sites (N-methyl/N-ethyl adjacent to an activating group) is 1. The fraction of sp³-hybridized carbons (Fsp3) is 0.263. The molecule has 2 aromatic carbocycles. The number of benzene rings is 2. The Labute approximate surface area is 166 Å². The lowest BCUT2D eigenvalue weighted by Crippen LogP contribution is -2.48. The molecule has 0 saturated heterocycles. The van der Waals surface area contributed by atoms with Gasteiger partial charge in [0.25, 0.3) is 5.91 Å². The van der Waals surface area contributed by atoms with E-state index in [9.17, 15) is 9.59 Å². The van der Waals surface area contributed by atoms with Gasteiger partial charge < -0.3 is 15.0 Å². The number of nitrogens with one attached hydrogen (secondary N) is 1. The fourth-order valence-corrected chi connectivity index (χ4v) is 3.04. The first-order valence-corrected chi connectivity index (χ1v) is 9.21. The molecule has 0 fully saturated rings. The smallest absolute Gasteiger partial charge is 0.261 e. The Bertz CT molecular complexity index is 785. The number of ether oxygens (including phenoxy) is 1. The number of carbonyl (C=O) groups excluding carboxylic acids is 2. The third-order valence-corrected chi connectivity index (χ3v) is 4.54. The molecule has 0 radical (unpaired) electrons. The van der Waals surface area contributed by atoms with Crippen LogP contribution in [0.4, 0.5) is 0 Å². The summed E-state index contributed by atoms with van der Waals surface area (Å²) in [4.78, 5) is 26.3. The van der Waals surface area contributed by atoms with Gasteiger partial charge in [0.1, 0.15) is 11.8 Å². The zero-order valence-corrected chi connectivity index (χ0v) is 16.9. The molecule has 26 heavy (non-hydrogen) atoms. The van der Waals surface area contributed by atoms with Gasteiger partial charge >= 0.3 is 0 Å². The van der Waals surface area contributed by atoms with E-state index in [1.165, 1.54) is 4.90 Å². The van der Waals surface area contributed by atoms with Gasteiger partial charge in [-0.05, 0) is 42.8 Å². The van der Waals surface area contributed by atoms with E-state index in [0.717, 1.165) is 10.0 Å². The quantitative estimate of drug-likeness (QED) is 0.716. The van der Waals surface area contributed by atoms with Crippen molar-refractivity contribution >= 4 is 39.3 Å². The van der Waals surface area contributed by atoms with Crippen molar-refractivity contribution in [3.63, 3.8) is 0 Å². The number of rotatable bonds is 7. The number of amides is 2. The number of halogens is 2. The van der Waals surface area contributed by atoms with Crippen LogP contribution in [0, 0.1) is 0 Å². The lowest BCUT2D eigenvalue weighted by molar-refractivity contribution is -0.142. The minimum absolute atomic E-state index is 0.185. The van der Waals surface area contributed by atoms with E-state index in [4.69, 9.17) is 16.3 Å². The Morgan fingerprint density at radius 2 is 1.96 bits per heavy atom. The molecule has 2 aromatic rings. The SMILES string of the molecule is CNC(=O)C(C)N(Cc1cccc(Br)c1)C(=O)COc1cccc(Cl)c1. The first-order chi connectivity index (χ1) is 12.4. The summed E-state index contributed by atoms with van der Waals surface area (Å²) in [6.45, 7) is 1.80. The summed E-state index contributed by atoms with van der Waals surface area (Å²) in [5, 5.41) is 3.11. The monoisotopic (exact) mass is 438 g/mol.